The molecule has 2 saturated carbocycles. The summed E-state index contributed by atoms with van der Waals surface area (Å²) in [7, 11) is 0. The molecule has 0 aromatic heterocycles. The molecule has 0 radical (unpaired) electrons. The van der Waals surface area contributed by atoms with Gasteiger partial charge in [-0.1, -0.05) is 25.1 Å². The van der Waals surface area contributed by atoms with Crippen LogP contribution >= 0.6 is 0 Å². The van der Waals surface area contributed by atoms with Crippen molar-refractivity contribution in [1.82, 2.24) is 0 Å². The Labute approximate surface area is 125 Å². The van der Waals surface area contributed by atoms with Crippen molar-refractivity contribution >= 4 is 5.97 Å². The van der Waals surface area contributed by atoms with Gasteiger partial charge in [0, 0.05) is 5.41 Å². The normalized spacial score (nSPS) is 40.8. The Morgan fingerprint density at radius 1 is 1.19 bits per heavy atom. The summed E-state index contributed by atoms with van der Waals surface area (Å²) in [6, 6.07) is 9.31. The maximum Gasteiger partial charge on any atom is 0.338 e. The van der Waals surface area contributed by atoms with Crippen LogP contribution in [-0.2, 0) is 9.47 Å². The summed E-state index contributed by atoms with van der Waals surface area (Å²) in [6.45, 7) is 2.27. The summed E-state index contributed by atoms with van der Waals surface area (Å²) in [5, 5.41) is 0. The first-order chi connectivity index (χ1) is 10.2. The minimum Gasteiger partial charge on any atom is -0.458 e. The van der Waals surface area contributed by atoms with Crippen molar-refractivity contribution in [3.05, 3.63) is 35.9 Å². The molecule has 3 fully saturated rings. The van der Waals surface area contributed by atoms with E-state index in [1.54, 1.807) is 0 Å². The van der Waals surface area contributed by atoms with Crippen LogP contribution in [0.2, 0.25) is 0 Å². The number of carbonyl (C=O) groups excluding carboxylic acids is 1. The monoisotopic (exact) mass is 286 g/mol. The molecule has 4 atom stereocenters. The molecule has 4 rings (SSSR count). The molecule has 1 spiro atoms. The first-order valence-corrected chi connectivity index (χ1v) is 8.10. The topological polar surface area (TPSA) is 38.8 Å². The summed E-state index contributed by atoms with van der Waals surface area (Å²) in [5.74, 6) is -0.193. The largest absolute Gasteiger partial charge is 0.458 e. The molecule has 1 aromatic carbocycles. The van der Waals surface area contributed by atoms with E-state index in [1.807, 2.05) is 30.3 Å². The maximum atomic E-state index is 12.4. The molecule has 3 heteroatoms. The fraction of sp³-hybridized carbons (Fsp3) is 0.611. The van der Waals surface area contributed by atoms with Crippen LogP contribution in [0.5, 0.6) is 0 Å². The van der Waals surface area contributed by atoms with Gasteiger partial charge in [0.1, 0.15) is 11.7 Å². The van der Waals surface area contributed by atoms with E-state index in [2.05, 4.69) is 6.92 Å². The molecule has 1 aromatic rings. The Balaban J connectivity index is 1.56. The van der Waals surface area contributed by atoms with E-state index in [0.717, 1.165) is 25.7 Å². The van der Waals surface area contributed by atoms with Crippen molar-refractivity contribution < 1.29 is 14.3 Å². The fourth-order valence-corrected chi connectivity index (χ4v) is 4.65. The summed E-state index contributed by atoms with van der Waals surface area (Å²) in [6.07, 6.45) is 7.06. The third kappa shape index (κ3) is 1.87. The smallest absolute Gasteiger partial charge is 0.338 e. The number of hydrogen-bond donors (Lipinski definition) is 0. The van der Waals surface area contributed by atoms with Crippen LogP contribution in [0.1, 0.15) is 55.8 Å². The molecular formula is C18H22O3. The Kier molecular flexibility index (Phi) is 2.90. The molecule has 0 amide bonds. The lowest BCUT2D eigenvalue weighted by molar-refractivity contribution is -0.0804. The van der Waals surface area contributed by atoms with Crippen LogP contribution in [0.25, 0.3) is 0 Å². The van der Waals surface area contributed by atoms with Gasteiger partial charge in [0.05, 0.1) is 11.7 Å². The number of benzene rings is 1. The molecular weight excluding hydrogens is 264 g/mol. The van der Waals surface area contributed by atoms with E-state index in [9.17, 15) is 4.79 Å². The number of hydrogen-bond acceptors (Lipinski definition) is 3. The predicted octanol–water partition coefficient (Wildman–Crippen LogP) is 3.72. The Hall–Kier alpha value is -1.35. The maximum absolute atomic E-state index is 12.4. The standard InChI is InChI=1S/C18H22O3/c1-17-11-5-10-15-18(17,21-15)12-6-9-14(17)20-16(19)13-7-3-2-4-8-13/h2-4,7-8,14-15H,5-6,9-12H2,1H3/t14-,15+,17+,18+/m1/s1. The SMILES string of the molecule is C[C@@]12CCC[C@@H]3O[C@@]31CCC[C@H]2OC(=O)c1ccccc1. The van der Waals surface area contributed by atoms with Crippen molar-refractivity contribution in [3.63, 3.8) is 0 Å². The minimum atomic E-state index is -0.193. The van der Waals surface area contributed by atoms with E-state index in [1.165, 1.54) is 12.8 Å². The van der Waals surface area contributed by atoms with Gasteiger partial charge < -0.3 is 9.47 Å². The zero-order valence-corrected chi connectivity index (χ0v) is 12.5. The van der Waals surface area contributed by atoms with E-state index in [4.69, 9.17) is 9.47 Å². The van der Waals surface area contributed by atoms with Crippen LogP contribution < -0.4 is 0 Å². The highest BCUT2D eigenvalue weighted by molar-refractivity contribution is 5.89. The zero-order valence-electron chi connectivity index (χ0n) is 12.5. The zero-order chi connectivity index (χ0) is 14.5. The van der Waals surface area contributed by atoms with E-state index < -0.39 is 0 Å². The van der Waals surface area contributed by atoms with Crippen LogP contribution in [0.3, 0.4) is 0 Å². The highest BCUT2D eigenvalue weighted by Gasteiger charge is 2.71. The highest BCUT2D eigenvalue weighted by atomic mass is 16.6. The average molecular weight is 286 g/mol. The molecule has 0 unspecified atom stereocenters. The van der Waals surface area contributed by atoms with Crippen LogP contribution in [0, 0.1) is 5.41 Å². The predicted molar refractivity (Wildman–Crippen MR) is 79.1 cm³/mol. The first-order valence-electron chi connectivity index (χ1n) is 8.10. The molecule has 1 heterocycles. The number of carbonyl (C=O) groups is 1. The summed E-state index contributed by atoms with van der Waals surface area (Å²) >= 11 is 0. The third-order valence-electron chi connectivity index (χ3n) is 5.93. The van der Waals surface area contributed by atoms with E-state index in [0.29, 0.717) is 11.7 Å². The fourth-order valence-electron chi connectivity index (χ4n) is 4.65. The van der Waals surface area contributed by atoms with Crippen molar-refractivity contribution in [2.75, 3.05) is 0 Å². The highest BCUT2D eigenvalue weighted by Crippen LogP contribution is 2.65. The van der Waals surface area contributed by atoms with Gasteiger partial charge in [0.25, 0.3) is 0 Å². The van der Waals surface area contributed by atoms with Gasteiger partial charge in [0.2, 0.25) is 0 Å². The lowest BCUT2D eigenvalue weighted by atomic mass is 9.58. The molecule has 1 aliphatic heterocycles. The summed E-state index contributed by atoms with van der Waals surface area (Å²) in [4.78, 5) is 12.4. The second kappa shape index (κ2) is 4.57. The van der Waals surface area contributed by atoms with Crippen molar-refractivity contribution in [1.29, 1.82) is 0 Å². The van der Waals surface area contributed by atoms with Crippen molar-refractivity contribution in [2.45, 2.75) is 63.3 Å². The summed E-state index contributed by atoms with van der Waals surface area (Å²) < 4.78 is 12.0. The van der Waals surface area contributed by atoms with E-state index in [-0.39, 0.29) is 23.1 Å². The molecule has 0 N–H and O–H groups in total. The van der Waals surface area contributed by atoms with Gasteiger partial charge in [-0.25, -0.2) is 4.79 Å². The molecule has 3 aliphatic rings. The Bertz CT molecular complexity index is 555. The Morgan fingerprint density at radius 2 is 1.95 bits per heavy atom. The lowest BCUT2D eigenvalue weighted by Gasteiger charge is -2.47. The Morgan fingerprint density at radius 3 is 2.76 bits per heavy atom. The van der Waals surface area contributed by atoms with Gasteiger partial charge in [-0.2, -0.15) is 0 Å². The molecule has 21 heavy (non-hydrogen) atoms. The number of epoxide rings is 1. The molecule has 1 saturated heterocycles. The quantitative estimate of drug-likeness (QED) is 0.614. The molecule has 2 aliphatic carbocycles. The molecule has 3 nitrogen and oxygen atoms in total. The second-order valence-electron chi connectivity index (χ2n) is 6.96. The summed E-state index contributed by atoms with van der Waals surface area (Å²) in [5.41, 5.74) is 0.647. The van der Waals surface area contributed by atoms with Crippen LogP contribution in [0.4, 0.5) is 0 Å². The van der Waals surface area contributed by atoms with Crippen LogP contribution in [0.15, 0.2) is 30.3 Å². The first kappa shape index (κ1) is 13.3. The average Bonchev–Trinajstić information content (AvgIpc) is 3.22. The third-order valence-corrected chi connectivity index (χ3v) is 5.93. The van der Waals surface area contributed by atoms with Gasteiger partial charge in [-0.3, -0.25) is 0 Å². The second-order valence-corrected chi connectivity index (χ2v) is 6.96. The molecule has 112 valence electrons. The number of ether oxygens (including phenoxy) is 2. The number of rotatable bonds is 2. The molecule has 0 bridgehead atoms. The van der Waals surface area contributed by atoms with Gasteiger partial charge >= 0.3 is 5.97 Å². The van der Waals surface area contributed by atoms with Crippen LogP contribution in [-0.4, -0.2) is 23.8 Å². The van der Waals surface area contributed by atoms with Gasteiger partial charge in [-0.15, -0.1) is 0 Å². The van der Waals surface area contributed by atoms with Gasteiger partial charge in [-0.05, 0) is 50.7 Å². The lowest BCUT2D eigenvalue weighted by Crippen LogP contribution is -2.53. The minimum absolute atomic E-state index is 0.00138. The van der Waals surface area contributed by atoms with Gasteiger partial charge in [0.15, 0.2) is 0 Å². The van der Waals surface area contributed by atoms with Crippen molar-refractivity contribution in [3.8, 4) is 0 Å². The van der Waals surface area contributed by atoms with Crippen molar-refractivity contribution in [2.24, 2.45) is 5.41 Å². The number of esters is 1. The van der Waals surface area contributed by atoms with E-state index >= 15 is 0 Å².